The summed E-state index contributed by atoms with van der Waals surface area (Å²) in [5.74, 6) is 0.624. The summed E-state index contributed by atoms with van der Waals surface area (Å²) in [5, 5.41) is 0.785. The monoisotopic (exact) mass is 332 g/mol. The molecule has 0 saturated carbocycles. The Labute approximate surface area is 123 Å². The topological polar surface area (TPSA) is 48.1 Å². The van der Waals surface area contributed by atoms with Crippen LogP contribution in [0.1, 0.15) is 0 Å². The summed E-state index contributed by atoms with van der Waals surface area (Å²) in [4.78, 5) is 4.23. The fourth-order valence-corrected chi connectivity index (χ4v) is 2.42. The van der Waals surface area contributed by atoms with Gasteiger partial charge in [-0.25, -0.2) is 4.39 Å². The maximum atomic E-state index is 13.4. The zero-order chi connectivity index (χ0) is 14.1. The van der Waals surface area contributed by atoms with Crippen molar-refractivity contribution in [3.05, 3.63) is 59.0 Å². The summed E-state index contributed by atoms with van der Waals surface area (Å²) in [6.45, 7) is 0. The molecule has 0 saturated heterocycles. The molecule has 5 heteroatoms. The number of pyridine rings is 1. The van der Waals surface area contributed by atoms with Gasteiger partial charge in [0.25, 0.3) is 0 Å². The number of halogens is 2. The number of ether oxygens (including phenoxy) is 1. The van der Waals surface area contributed by atoms with Crippen LogP contribution >= 0.6 is 15.9 Å². The van der Waals surface area contributed by atoms with Gasteiger partial charge in [-0.05, 0) is 36.4 Å². The van der Waals surface area contributed by atoms with Gasteiger partial charge in [-0.3, -0.25) is 4.98 Å². The van der Waals surface area contributed by atoms with E-state index in [4.69, 9.17) is 10.5 Å². The summed E-state index contributed by atoms with van der Waals surface area (Å²) in [5.41, 5.74) is 7.13. The number of hydrogen-bond acceptors (Lipinski definition) is 3. The summed E-state index contributed by atoms with van der Waals surface area (Å²) in [7, 11) is 0. The van der Waals surface area contributed by atoms with Crippen molar-refractivity contribution in [2.75, 3.05) is 5.73 Å². The first-order chi connectivity index (χ1) is 9.63. The predicted octanol–water partition coefficient (Wildman–Crippen LogP) is 4.51. The second kappa shape index (κ2) is 5.09. The maximum absolute atomic E-state index is 13.4. The largest absolute Gasteiger partial charge is 0.457 e. The summed E-state index contributed by atoms with van der Waals surface area (Å²) in [6.07, 6.45) is 1.67. The molecular weight excluding hydrogens is 323 g/mol. The zero-order valence-corrected chi connectivity index (χ0v) is 11.9. The van der Waals surface area contributed by atoms with Crippen LogP contribution in [0.5, 0.6) is 11.5 Å². The lowest BCUT2D eigenvalue weighted by Gasteiger charge is -2.10. The van der Waals surface area contributed by atoms with Gasteiger partial charge in [-0.1, -0.05) is 15.9 Å². The smallest absolute Gasteiger partial charge is 0.136 e. The molecule has 3 aromatic rings. The SMILES string of the molecule is Nc1ccc(Oc2cc(F)cc(Br)c2)c2cccnc12. The van der Waals surface area contributed by atoms with E-state index >= 15 is 0 Å². The lowest BCUT2D eigenvalue weighted by molar-refractivity contribution is 0.481. The molecule has 0 amide bonds. The van der Waals surface area contributed by atoms with E-state index in [1.807, 2.05) is 6.07 Å². The van der Waals surface area contributed by atoms with Crippen molar-refractivity contribution in [1.29, 1.82) is 0 Å². The lowest BCUT2D eigenvalue weighted by Crippen LogP contribution is -1.92. The Kier molecular flexibility index (Phi) is 3.28. The molecule has 0 unspecified atom stereocenters. The zero-order valence-electron chi connectivity index (χ0n) is 10.3. The molecule has 100 valence electrons. The number of aromatic nitrogens is 1. The molecule has 0 atom stereocenters. The van der Waals surface area contributed by atoms with E-state index in [0.29, 0.717) is 27.2 Å². The van der Waals surface area contributed by atoms with E-state index in [1.165, 1.54) is 12.1 Å². The van der Waals surface area contributed by atoms with E-state index in [2.05, 4.69) is 20.9 Å². The fourth-order valence-electron chi connectivity index (χ4n) is 1.97. The Bertz CT molecular complexity index is 772. The molecule has 0 bridgehead atoms. The highest BCUT2D eigenvalue weighted by Gasteiger charge is 2.08. The second-order valence-electron chi connectivity index (χ2n) is 4.26. The summed E-state index contributed by atoms with van der Waals surface area (Å²) < 4.78 is 19.7. The van der Waals surface area contributed by atoms with Crippen LogP contribution < -0.4 is 10.5 Å². The van der Waals surface area contributed by atoms with Crippen LogP contribution in [0, 0.1) is 5.82 Å². The highest BCUT2D eigenvalue weighted by atomic mass is 79.9. The van der Waals surface area contributed by atoms with E-state index in [9.17, 15) is 4.39 Å². The minimum absolute atomic E-state index is 0.368. The highest BCUT2D eigenvalue weighted by molar-refractivity contribution is 9.10. The second-order valence-corrected chi connectivity index (χ2v) is 5.18. The molecule has 3 rings (SSSR count). The van der Waals surface area contributed by atoms with Gasteiger partial charge in [0.15, 0.2) is 0 Å². The number of nitrogen functional groups attached to an aromatic ring is 1. The van der Waals surface area contributed by atoms with Crippen LogP contribution in [0.15, 0.2) is 53.1 Å². The Hall–Kier alpha value is -2.14. The van der Waals surface area contributed by atoms with E-state index in [1.54, 1.807) is 30.5 Å². The molecule has 2 aromatic carbocycles. The van der Waals surface area contributed by atoms with Gasteiger partial charge in [0.1, 0.15) is 17.3 Å². The molecule has 20 heavy (non-hydrogen) atoms. The summed E-state index contributed by atoms with van der Waals surface area (Å²) in [6, 6.07) is 11.5. The predicted molar refractivity (Wildman–Crippen MR) is 80.3 cm³/mol. The highest BCUT2D eigenvalue weighted by Crippen LogP contribution is 2.33. The van der Waals surface area contributed by atoms with Gasteiger partial charge in [-0.15, -0.1) is 0 Å². The number of rotatable bonds is 2. The number of hydrogen-bond donors (Lipinski definition) is 1. The number of nitrogens with zero attached hydrogens (tertiary/aromatic N) is 1. The van der Waals surface area contributed by atoms with Crippen molar-refractivity contribution in [3.63, 3.8) is 0 Å². The maximum Gasteiger partial charge on any atom is 0.136 e. The quantitative estimate of drug-likeness (QED) is 0.702. The molecule has 1 aromatic heterocycles. The number of fused-ring (bicyclic) bond motifs is 1. The first-order valence-electron chi connectivity index (χ1n) is 5.90. The Morgan fingerprint density at radius 1 is 1.15 bits per heavy atom. The normalized spacial score (nSPS) is 10.7. The van der Waals surface area contributed by atoms with Crippen LogP contribution in [0.3, 0.4) is 0 Å². The van der Waals surface area contributed by atoms with Crippen molar-refractivity contribution in [1.82, 2.24) is 4.98 Å². The van der Waals surface area contributed by atoms with Gasteiger partial charge in [0.2, 0.25) is 0 Å². The van der Waals surface area contributed by atoms with E-state index < -0.39 is 0 Å². The van der Waals surface area contributed by atoms with Crippen molar-refractivity contribution < 1.29 is 9.13 Å². The minimum Gasteiger partial charge on any atom is -0.457 e. The summed E-state index contributed by atoms with van der Waals surface area (Å²) >= 11 is 3.24. The van der Waals surface area contributed by atoms with Crippen molar-refractivity contribution >= 4 is 32.5 Å². The Morgan fingerprint density at radius 2 is 2.00 bits per heavy atom. The third-order valence-electron chi connectivity index (χ3n) is 2.82. The number of benzene rings is 2. The van der Waals surface area contributed by atoms with Crippen LogP contribution in [0.2, 0.25) is 0 Å². The molecule has 0 fully saturated rings. The van der Waals surface area contributed by atoms with E-state index in [0.717, 1.165) is 5.39 Å². The lowest BCUT2D eigenvalue weighted by atomic mass is 10.1. The van der Waals surface area contributed by atoms with Crippen LogP contribution in [-0.4, -0.2) is 4.98 Å². The standard InChI is InChI=1S/C15H10BrFN2O/c16-9-6-10(17)8-11(7-9)20-14-4-3-13(18)15-12(14)2-1-5-19-15/h1-8H,18H2. The first-order valence-corrected chi connectivity index (χ1v) is 6.70. The third-order valence-corrected chi connectivity index (χ3v) is 3.28. The van der Waals surface area contributed by atoms with Gasteiger partial charge in [-0.2, -0.15) is 0 Å². The molecule has 0 aliphatic rings. The van der Waals surface area contributed by atoms with Gasteiger partial charge in [0.05, 0.1) is 11.2 Å². The number of nitrogens with two attached hydrogens (primary N) is 1. The Balaban J connectivity index is 2.09. The minimum atomic E-state index is -0.368. The Morgan fingerprint density at radius 3 is 2.80 bits per heavy atom. The fraction of sp³-hybridized carbons (Fsp3) is 0. The first kappa shape index (κ1) is 12.9. The van der Waals surface area contributed by atoms with Gasteiger partial charge in [0, 0.05) is 22.1 Å². The molecule has 1 heterocycles. The van der Waals surface area contributed by atoms with Crippen LogP contribution in [0.4, 0.5) is 10.1 Å². The average Bonchev–Trinajstić information content (AvgIpc) is 2.41. The van der Waals surface area contributed by atoms with Crippen molar-refractivity contribution in [3.8, 4) is 11.5 Å². The molecule has 0 aliphatic heterocycles. The molecule has 3 nitrogen and oxygen atoms in total. The van der Waals surface area contributed by atoms with Crippen LogP contribution in [-0.2, 0) is 0 Å². The average molecular weight is 333 g/mol. The van der Waals surface area contributed by atoms with Crippen molar-refractivity contribution in [2.45, 2.75) is 0 Å². The van der Waals surface area contributed by atoms with Crippen LogP contribution in [0.25, 0.3) is 10.9 Å². The van der Waals surface area contributed by atoms with Gasteiger partial charge >= 0.3 is 0 Å². The molecule has 2 N–H and O–H groups in total. The molecule has 0 spiro atoms. The molecule has 0 aliphatic carbocycles. The van der Waals surface area contributed by atoms with E-state index in [-0.39, 0.29) is 5.82 Å². The van der Waals surface area contributed by atoms with Gasteiger partial charge < -0.3 is 10.5 Å². The third kappa shape index (κ3) is 2.44. The van der Waals surface area contributed by atoms with Crippen molar-refractivity contribution in [2.24, 2.45) is 0 Å². The molecular formula is C15H10BrFN2O. The number of anilines is 1. The molecule has 0 radical (unpaired) electrons.